The molecule has 4 heteroatoms. The number of nitrogens with one attached hydrogen (secondary N) is 1. The highest BCUT2D eigenvalue weighted by Gasteiger charge is 2.25. The zero-order valence-corrected chi connectivity index (χ0v) is 28.2. The van der Waals surface area contributed by atoms with Gasteiger partial charge in [-0.15, -0.1) is 0 Å². The summed E-state index contributed by atoms with van der Waals surface area (Å²) in [4.78, 5) is 5.43. The van der Waals surface area contributed by atoms with Crippen LogP contribution in [-0.2, 0) is 0 Å². The summed E-state index contributed by atoms with van der Waals surface area (Å²) in [5, 5.41) is 13.7. The number of fused-ring (bicyclic) bond motifs is 9. The van der Waals surface area contributed by atoms with Gasteiger partial charge in [0.15, 0.2) is 0 Å². The number of allylic oxidation sites excluding steroid dienone is 2. The van der Waals surface area contributed by atoms with Crippen LogP contribution in [0.4, 0.5) is 0 Å². The summed E-state index contributed by atoms with van der Waals surface area (Å²) >= 11 is 0. The van der Waals surface area contributed by atoms with Gasteiger partial charge < -0.3 is 9.88 Å². The zero-order chi connectivity index (χ0) is 34.2. The molecule has 1 N–H and O–H groups in total. The summed E-state index contributed by atoms with van der Waals surface area (Å²) in [7, 11) is 0. The van der Waals surface area contributed by atoms with Crippen LogP contribution < -0.4 is 5.32 Å². The van der Waals surface area contributed by atoms with Crippen LogP contribution in [0.25, 0.3) is 87.9 Å². The largest absolute Gasteiger partial charge is 0.361 e. The minimum absolute atomic E-state index is 0.131. The van der Waals surface area contributed by atoms with Gasteiger partial charge in [0.1, 0.15) is 12.0 Å². The fraction of sp³-hybridized carbons (Fsp3) is 0.0208. The fourth-order valence-corrected chi connectivity index (χ4v) is 8.50. The number of hydrogen-bond acceptors (Lipinski definition) is 2. The molecule has 10 aromatic rings. The first-order valence-electron chi connectivity index (χ1n) is 17.9. The van der Waals surface area contributed by atoms with E-state index in [0.29, 0.717) is 0 Å². The van der Waals surface area contributed by atoms with Gasteiger partial charge in [-0.1, -0.05) is 146 Å². The minimum atomic E-state index is -0.131. The van der Waals surface area contributed by atoms with Crippen molar-refractivity contribution in [3.05, 3.63) is 188 Å². The molecule has 7 aromatic carbocycles. The second-order valence-corrected chi connectivity index (χ2v) is 13.6. The normalized spacial score (nSPS) is 14.5. The van der Waals surface area contributed by atoms with Crippen LogP contribution >= 0.6 is 0 Å². The molecule has 244 valence electrons. The summed E-state index contributed by atoms with van der Waals surface area (Å²) in [5.74, 6) is 0.893. The van der Waals surface area contributed by atoms with Crippen molar-refractivity contribution in [2.75, 3.05) is 0 Å². The second kappa shape index (κ2) is 11.3. The van der Waals surface area contributed by atoms with E-state index in [1.165, 1.54) is 59.7 Å². The molecule has 1 atom stereocenters. The highest BCUT2D eigenvalue weighted by atomic mass is 15.2. The first-order valence-corrected chi connectivity index (χ1v) is 17.9. The van der Waals surface area contributed by atoms with Crippen molar-refractivity contribution in [1.29, 1.82) is 0 Å². The van der Waals surface area contributed by atoms with E-state index in [-0.39, 0.29) is 6.17 Å². The molecular formula is C48H32N4. The Morgan fingerprint density at radius 3 is 1.81 bits per heavy atom. The lowest BCUT2D eigenvalue weighted by Crippen LogP contribution is -2.26. The molecular weight excluding hydrogens is 633 g/mol. The van der Waals surface area contributed by atoms with Gasteiger partial charge in [-0.05, 0) is 58.0 Å². The predicted octanol–water partition coefficient (Wildman–Crippen LogP) is 12.0. The minimum Gasteiger partial charge on any atom is -0.361 e. The number of dihydropyridines is 1. The molecule has 0 spiro atoms. The lowest BCUT2D eigenvalue weighted by Gasteiger charge is -2.26. The zero-order valence-electron chi connectivity index (χ0n) is 28.2. The van der Waals surface area contributed by atoms with Crippen molar-refractivity contribution in [2.45, 2.75) is 6.17 Å². The van der Waals surface area contributed by atoms with Gasteiger partial charge >= 0.3 is 0 Å². The maximum absolute atomic E-state index is 5.43. The number of nitrogens with zero attached hydrogens (tertiary/aromatic N) is 3. The Kier molecular flexibility index (Phi) is 6.28. The Hall–Kier alpha value is -6.91. The quantitative estimate of drug-likeness (QED) is 0.203. The van der Waals surface area contributed by atoms with Crippen LogP contribution in [-0.4, -0.2) is 14.1 Å². The molecule has 0 fully saturated rings. The first kappa shape index (κ1) is 28.9. The Bertz CT molecular complexity index is 3110. The van der Waals surface area contributed by atoms with Crippen LogP contribution in [0.15, 0.2) is 182 Å². The van der Waals surface area contributed by atoms with Gasteiger partial charge in [-0.25, -0.2) is 4.98 Å². The van der Waals surface area contributed by atoms with E-state index in [0.717, 1.165) is 33.8 Å². The average Bonchev–Trinajstić information content (AvgIpc) is 3.74. The number of benzene rings is 7. The Morgan fingerprint density at radius 2 is 1.04 bits per heavy atom. The van der Waals surface area contributed by atoms with Crippen molar-refractivity contribution in [1.82, 2.24) is 19.4 Å². The lowest BCUT2D eigenvalue weighted by molar-refractivity contribution is 0.590. The molecule has 4 heterocycles. The third kappa shape index (κ3) is 4.25. The smallest absolute Gasteiger partial charge is 0.138 e. The molecule has 3 aromatic heterocycles. The van der Waals surface area contributed by atoms with Gasteiger partial charge in [0.05, 0.1) is 27.8 Å². The molecule has 1 unspecified atom stereocenters. The van der Waals surface area contributed by atoms with Crippen LogP contribution in [0, 0.1) is 0 Å². The van der Waals surface area contributed by atoms with E-state index in [1.54, 1.807) is 0 Å². The van der Waals surface area contributed by atoms with Gasteiger partial charge in [-0.2, -0.15) is 0 Å². The van der Waals surface area contributed by atoms with Gasteiger partial charge in [-0.3, -0.25) is 4.57 Å². The summed E-state index contributed by atoms with van der Waals surface area (Å²) in [6.45, 7) is 0. The van der Waals surface area contributed by atoms with E-state index < -0.39 is 0 Å². The number of para-hydroxylation sites is 2. The Labute approximate surface area is 300 Å². The summed E-state index contributed by atoms with van der Waals surface area (Å²) in [6, 6.07) is 58.7. The van der Waals surface area contributed by atoms with Crippen molar-refractivity contribution in [2.24, 2.45) is 0 Å². The molecule has 0 saturated heterocycles. The highest BCUT2D eigenvalue weighted by molar-refractivity contribution is 6.23. The molecule has 1 aliphatic heterocycles. The number of rotatable bonds is 4. The van der Waals surface area contributed by atoms with Gasteiger partial charge in [0.2, 0.25) is 0 Å². The fourth-order valence-electron chi connectivity index (χ4n) is 8.50. The van der Waals surface area contributed by atoms with Crippen molar-refractivity contribution in [3.8, 4) is 17.1 Å². The average molecular weight is 665 g/mol. The molecule has 0 saturated carbocycles. The molecule has 11 rings (SSSR count). The van der Waals surface area contributed by atoms with Crippen LogP contribution in [0.1, 0.15) is 11.7 Å². The monoisotopic (exact) mass is 664 g/mol. The number of pyridine rings is 1. The molecule has 1 aliphatic rings. The first-order chi connectivity index (χ1) is 25.8. The molecule has 52 heavy (non-hydrogen) atoms. The molecule has 0 radical (unpaired) electrons. The molecule has 0 amide bonds. The van der Waals surface area contributed by atoms with Gasteiger partial charge in [0.25, 0.3) is 0 Å². The maximum Gasteiger partial charge on any atom is 0.138 e. The third-order valence-electron chi connectivity index (χ3n) is 10.8. The van der Waals surface area contributed by atoms with E-state index in [2.05, 4.69) is 196 Å². The van der Waals surface area contributed by atoms with Crippen LogP contribution in [0.3, 0.4) is 0 Å². The van der Waals surface area contributed by atoms with E-state index in [9.17, 15) is 0 Å². The SMILES string of the molecule is C1=CC(n2c3ccccc3c3ccc4c5ccccc5n(-c5cccc(-c6cccc7ccccc67)n5)c4c32)NC(c2cccc3ccccc23)=C1. The summed E-state index contributed by atoms with van der Waals surface area (Å²) < 4.78 is 4.87. The summed E-state index contributed by atoms with van der Waals surface area (Å²) in [5.41, 5.74) is 9.02. The van der Waals surface area contributed by atoms with Crippen molar-refractivity contribution >= 4 is 70.9 Å². The van der Waals surface area contributed by atoms with Gasteiger partial charge in [0, 0.05) is 38.4 Å². The number of hydrogen-bond donors (Lipinski definition) is 1. The molecule has 0 aliphatic carbocycles. The second-order valence-electron chi connectivity index (χ2n) is 13.6. The van der Waals surface area contributed by atoms with Crippen molar-refractivity contribution < 1.29 is 0 Å². The highest BCUT2D eigenvalue weighted by Crippen LogP contribution is 2.42. The van der Waals surface area contributed by atoms with E-state index >= 15 is 0 Å². The Morgan fingerprint density at radius 1 is 0.462 bits per heavy atom. The third-order valence-corrected chi connectivity index (χ3v) is 10.8. The summed E-state index contributed by atoms with van der Waals surface area (Å²) in [6.07, 6.45) is 6.53. The Balaban J connectivity index is 1.18. The number of aromatic nitrogens is 3. The standard InChI is InChI=1S/C48H32N4/c1-3-17-33-31(13-1)15-9-21-35(33)41-23-11-27-45(49-41)51-43-25-7-5-19-37(43)39-29-30-40-38-20-6-8-26-44(38)52(48(40)47(39)51)46-28-12-24-42(50-46)36-22-10-16-32-14-2-4-18-34(32)36/h1-30,45,49H. The maximum atomic E-state index is 5.43. The van der Waals surface area contributed by atoms with Crippen molar-refractivity contribution in [3.63, 3.8) is 0 Å². The topological polar surface area (TPSA) is 34.8 Å². The van der Waals surface area contributed by atoms with E-state index in [4.69, 9.17) is 4.98 Å². The molecule has 4 nitrogen and oxygen atoms in total. The lowest BCUT2D eigenvalue weighted by atomic mass is 10.0. The van der Waals surface area contributed by atoms with Crippen LogP contribution in [0.5, 0.6) is 0 Å². The van der Waals surface area contributed by atoms with Crippen LogP contribution in [0.2, 0.25) is 0 Å². The van der Waals surface area contributed by atoms with E-state index in [1.807, 2.05) is 0 Å². The predicted molar refractivity (Wildman–Crippen MR) is 218 cm³/mol. The molecule has 0 bridgehead atoms.